The first-order valence-electron chi connectivity index (χ1n) is 5.25. The van der Waals surface area contributed by atoms with Crippen LogP contribution in [0.25, 0.3) is 0 Å². The Hall–Kier alpha value is -1.66. The third-order valence-electron chi connectivity index (χ3n) is 2.25. The molecule has 1 aromatic carbocycles. The normalized spacial score (nSPS) is 11.2. The van der Waals surface area contributed by atoms with Gasteiger partial charge >= 0.3 is 5.97 Å². The van der Waals surface area contributed by atoms with Crippen molar-refractivity contribution in [2.75, 3.05) is 20.2 Å². The molecule has 0 fully saturated rings. The quantitative estimate of drug-likeness (QED) is 0.571. The molecular formula is C12H15NO4S. The van der Waals surface area contributed by atoms with E-state index in [9.17, 15) is 13.2 Å². The Morgan fingerprint density at radius 3 is 2.50 bits per heavy atom. The first kappa shape index (κ1) is 14.4. The zero-order valence-electron chi connectivity index (χ0n) is 10.1. The van der Waals surface area contributed by atoms with E-state index in [4.69, 9.17) is 0 Å². The highest BCUT2D eigenvalue weighted by Crippen LogP contribution is 2.14. The lowest BCUT2D eigenvalue weighted by Crippen LogP contribution is -2.36. The van der Waals surface area contributed by atoms with Gasteiger partial charge in [-0.25, -0.2) is 8.42 Å². The summed E-state index contributed by atoms with van der Waals surface area (Å²) >= 11 is 0. The van der Waals surface area contributed by atoms with Crippen molar-refractivity contribution in [1.29, 1.82) is 0 Å². The summed E-state index contributed by atoms with van der Waals surface area (Å²) in [6.07, 6.45) is 1.42. The maximum Gasteiger partial charge on any atom is 0.321 e. The van der Waals surface area contributed by atoms with Crippen LogP contribution in [0.15, 0.2) is 47.9 Å². The molecule has 0 bridgehead atoms. The minimum atomic E-state index is -3.71. The Balaban J connectivity index is 3.04. The lowest BCUT2D eigenvalue weighted by molar-refractivity contribution is -0.140. The van der Waals surface area contributed by atoms with Crippen LogP contribution in [-0.4, -0.2) is 38.9 Å². The average molecular weight is 269 g/mol. The molecule has 6 heteroatoms. The molecule has 0 spiro atoms. The van der Waals surface area contributed by atoms with Crippen LogP contribution in [0.3, 0.4) is 0 Å². The van der Waals surface area contributed by atoms with Gasteiger partial charge in [0.05, 0.1) is 12.0 Å². The summed E-state index contributed by atoms with van der Waals surface area (Å²) in [5.74, 6) is -0.614. The van der Waals surface area contributed by atoms with Crippen molar-refractivity contribution in [3.8, 4) is 0 Å². The molecule has 0 radical (unpaired) electrons. The zero-order chi connectivity index (χ0) is 13.6. The lowest BCUT2D eigenvalue weighted by atomic mass is 10.4. The van der Waals surface area contributed by atoms with Gasteiger partial charge < -0.3 is 4.74 Å². The first-order valence-corrected chi connectivity index (χ1v) is 6.69. The zero-order valence-corrected chi connectivity index (χ0v) is 10.9. The number of hydrogen-bond donors (Lipinski definition) is 0. The average Bonchev–Trinajstić information content (AvgIpc) is 2.39. The number of rotatable bonds is 6. The van der Waals surface area contributed by atoms with Crippen molar-refractivity contribution in [2.45, 2.75) is 4.90 Å². The van der Waals surface area contributed by atoms with Crippen LogP contribution in [0.4, 0.5) is 0 Å². The molecule has 0 saturated carbocycles. The molecule has 1 aromatic rings. The van der Waals surface area contributed by atoms with Crippen molar-refractivity contribution >= 4 is 16.0 Å². The maximum absolute atomic E-state index is 12.2. The summed E-state index contributed by atoms with van der Waals surface area (Å²) in [4.78, 5) is 11.3. The Labute approximate surface area is 107 Å². The Bertz CT molecular complexity index is 510. The van der Waals surface area contributed by atoms with E-state index < -0.39 is 16.0 Å². The van der Waals surface area contributed by atoms with Crippen molar-refractivity contribution in [3.63, 3.8) is 0 Å². The number of methoxy groups -OCH3 is 1. The number of carbonyl (C=O) groups is 1. The second-order valence-electron chi connectivity index (χ2n) is 3.48. The molecule has 0 unspecified atom stereocenters. The Kier molecular flexibility index (Phi) is 5.06. The number of nitrogens with zero attached hydrogens (tertiary/aromatic N) is 1. The highest BCUT2D eigenvalue weighted by molar-refractivity contribution is 7.89. The van der Waals surface area contributed by atoms with E-state index in [0.717, 1.165) is 4.31 Å². The fourth-order valence-electron chi connectivity index (χ4n) is 1.34. The minimum absolute atomic E-state index is 0.0479. The summed E-state index contributed by atoms with van der Waals surface area (Å²) < 4.78 is 30.0. The molecular weight excluding hydrogens is 254 g/mol. The van der Waals surface area contributed by atoms with Crippen LogP contribution in [0.1, 0.15) is 0 Å². The van der Waals surface area contributed by atoms with Crippen LogP contribution in [-0.2, 0) is 19.6 Å². The highest BCUT2D eigenvalue weighted by atomic mass is 32.2. The molecule has 0 aliphatic heterocycles. The maximum atomic E-state index is 12.2. The van der Waals surface area contributed by atoms with E-state index >= 15 is 0 Å². The molecule has 0 saturated heterocycles. The van der Waals surface area contributed by atoms with E-state index in [0.29, 0.717) is 0 Å². The lowest BCUT2D eigenvalue weighted by Gasteiger charge is -2.19. The van der Waals surface area contributed by atoms with Gasteiger partial charge in [-0.1, -0.05) is 24.3 Å². The molecule has 5 nitrogen and oxygen atoms in total. The van der Waals surface area contributed by atoms with Gasteiger partial charge in [0, 0.05) is 6.54 Å². The largest absolute Gasteiger partial charge is 0.468 e. The van der Waals surface area contributed by atoms with E-state index in [1.54, 1.807) is 18.2 Å². The molecule has 0 aliphatic rings. The van der Waals surface area contributed by atoms with Gasteiger partial charge in [-0.15, -0.1) is 6.58 Å². The third-order valence-corrected chi connectivity index (χ3v) is 4.07. The number of ether oxygens (including phenoxy) is 1. The third kappa shape index (κ3) is 3.41. The fraction of sp³-hybridized carbons (Fsp3) is 0.250. The summed E-state index contributed by atoms with van der Waals surface area (Å²) in [7, 11) is -2.50. The molecule has 98 valence electrons. The van der Waals surface area contributed by atoms with Crippen molar-refractivity contribution in [1.82, 2.24) is 4.31 Å². The van der Waals surface area contributed by atoms with Gasteiger partial charge in [-0.3, -0.25) is 4.79 Å². The number of benzene rings is 1. The van der Waals surface area contributed by atoms with Gasteiger partial charge in [-0.05, 0) is 12.1 Å². The highest BCUT2D eigenvalue weighted by Gasteiger charge is 2.25. The monoisotopic (exact) mass is 269 g/mol. The second kappa shape index (κ2) is 6.32. The molecule has 0 aromatic heterocycles. The first-order chi connectivity index (χ1) is 8.52. The minimum Gasteiger partial charge on any atom is -0.468 e. The Morgan fingerprint density at radius 2 is 2.00 bits per heavy atom. The summed E-state index contributed by atoms with van der Waals surface area (Å²) in [5, 5.41) is 0. The van der Waals surface area contributed by atoms with Crippen molar-refractivity contribution < 1.29 is 17.9 Å². The Morgan fingerprint density at radius 1 is 1.39 bits per heavy atom. The van der Waals surface area contributed by atoms with Crippen LogP contribution < -0.4 is 0 Å². The van der Waals surface area contributed by atoms with Gasteiger partial charge in [-0.2, -0.15) is 4.31 Å². The fourth-order valence-corrected chi connectivity index (χ4v) is 2.72. The van der Waals surface area contributed by atoms with Crippen molar-refractivity contribution in [2.24, 2.45) is 0 Å². The SMILES string of the molecule is C=CCN(CC(=O)OC)S(=O)(=O)c1ccccc1. The second-order valence-corrected chi connectivity index (χ2v) is 5.41. The van der Waals surface area contributed by atoms with Crippen LogP contribution in [0.2, 0.25) is 0 Å². The van der Waals surface area contributed by atoms with Crippen LogP contribution in [0, 0.1) is 0 Å². The smallest absolute Gasteiger partial charge is 0.321 e. The van der Waals surface area contributed by atoms with Crippen LogP contribution >= 0.6 is 0 Å². The van der Waals surface area contributed by atoms with Gasteiger partial charge in [0.15, 0.2) is 0 Å². The predicted octanol–water partition coefficient (Wildman–Crippen LogP) is 1.04. The van der Waals surface area contributed by atoms with Gasteiger partial charge in [0.25, 0.3) is 0 Å². The topological polar surface area (TPSA) is 63.7 Å². The van der Waals surface area contributed by atoms with E-state index in [2.05, 4.69) is 11.3 Å². The number of hydrogen-bond acceptors (Lipinski definition) is 4. The van der Waals surface area contributed by atoms with Crippen LogP contribution in [0.5, 0.6) is 0 Å². The number of sulfonamides is 1. The van der Waals surface area contributed by atoms with Crippen molar-refractivity contribution in [3.05, 3.63) is 43.0 Å². The summed E-state index contributed by atoms with van der Waals surface area (Å²) in [6, 6.07) is 7.91. The van der Waals surface area contributed by atoms with E-state index in [1.165, 1.54) is 25.3 Å². The number of carbonyl (C=O) groups excluding carboxylic acids is 1. The predicted molar refractivity (Wildman–Crippen MR) is 67.4 cm³/mol. The van der Waals surface area contributed by atoms with Gasteiger partial charge in [0.2, 0.25) is 10.0 Å². The molecule has 0 amide bonds. The number of esters is 1. The molecule has 1 rings (SSSR count). The summed E-state index contributed by atoms with van der Waals surface area (Å²) in [5.41, 5.74) is 0. The summed E-state index contributed by atoms with van der Waals surface area (Å²) in [6.45, 7) is 3.20. The molecule has 0 aliphatic carbocycles. The van der Waals surface area contributed by atoms with Gasteiger partial charge in [0.1, 0.15) is 6.54 Å². The molecule has 0 atom stereocenters. The molecule has 0 heterocycles. The molecule has 18 heavy (non-hydrogen) atoms. The van der Waals surface area contributed by atoms with E-state index in [1.807, 2.05) is 0 Å². The standard InChI is InChI=1S/C12H15NO4S/c1-3-9-13(10-12(14)17-2)18(15,16)11-7-5-4-6-8-11/h3-8H,1,9-10H2,2H3. The van der Waals surface area contributed by atoms with E-state index in [-0.39, 0.29) is 18.0 Å². The molecule has 0 N–H and O–H groups in total.